The van der Waals surface area contributed by atoms with Gasteiger partial charge in [0.25, 0.3) is 0 Å². The van der Waals surface area contributed by atoms with E-state index in [4.69, 9.17) is 0 Å². The van der Waals surface area contributed by atoms with Crippen molar-refractivity contribution in [1.29, 1.82) is 0 Å². The maximum atomic E-state index is 13.8. The number of benzene rings is 1. The van der Waals surface area contributed by atoms with Gasteiger partial charge in [-0.3, -0.25) is 9.59 Å². The molecule has 0 radical (unpaired) electrons. The first-order valence-corrected chi connectivity index (χ1v) is 7.41. The Labute approximate surface area is 123 Å². The van der Waals surface area contributed by atoms with Crippen molar-refractivity contribution >= 4 is 23.2 Å². The first kappa shape index (κ1) is 14.0. The average Bonchev–Trinajstić information content (AvgIpc) is 3.04. The summed E-state index contributed by atoms with van der Waals surface area (Å²) in [7, 11) is 0. The van der Waals surface area contributed by atoms with Gasteiger partial charge in [0.1, 0.15) is 5.82 Å². The molecule has 5 heteroatoms. The number of carbonyl (C=O) groups is 2. The molecule has 2 saturated carbocycles. The molecule has 112 valence electrons. The van der Waals surface area contributed by atoms with E-state index in [1.54, 1.807) is 0 Å². The minimum absolute atomic E-state index is 0.00701. The van der Waals surface area contributed by atoms with Gasteiger partial charge in [-0.2, -0.15) is 0 Å². The number of halogens is 1. The predicted octanol–water partition coefficient (Wildman–Crippen LogP) is 3.16. The molecule has 0 aliphatic heterocycles. The van der Waals surface area contributed by atoms with Crippen LogP contribution < -0.4 is 10.6 Å². The molecule has 4 nitrogen and oxygen atoms in total. The molecule has 2 bridgehead atoms. The molecule has 2 aliphatic rings. The van der Waals surface area contributed by atoms with Crippen LogP contribution in [0.1, 0.15) is 32.6 Å². The molecule has 0 saturated heterocycles. The van der Waals surface area contributed by atoms with E-state index in [2.05, 4.69) is 10.6 Å². The number of fused-ring (bicyclic) bond motifs is 2. The highest BCUT2D eigenvalue weighted by atomic mass is 19.1. The highest BCUT2D eigenvalue weighted by Gasteiger charge is 2.43. The van der Waals surface area contributed by atoms with Crippen molar-refractivity contribution in [3.05, 3.63) is 24.0 Å². The fourth-order valence-electron chi connectivity index (χ4n) is 3.69. The Morgan fingerprint density at radius 2 is 2.00 bits per heavy atom. The van der Waals surface area contributed by atoms with Crippen molar-refractivity contribution in [2.75, 3.05) is 10.6 Å². The van der Waals surface area contributed by atoms with Crippen LogP contribution in [0.4, 0.5) is 15.8 Å². The molecule has 1 aromatic carbocycles. The van der Waals surface area contributed by atoms with Gasteiger partial charge in [-0.05, 0) is 49.3 Å². The van der Waals surface area contributed by atoms with Crippen LogP contribution in [0.2, 0.25) is 0 Å². The number of rotatable bonds is 3. The summed E-state index contributed by atoms with van der Waals surface area (Å²) in [6.07, 6.45) is 4.38. The zero-order valence-corrected chi connectivity index (χ0v) is 12.0. The third kappa shape index (κ3) is 2.91. The molecule has 1 aromatic rings. The molecule has 2 fully saturated rings. The van der Waals surface area contributed by atoms with Crippen molar-refractivity contribution in [3.63, 3.8) is 0 Å². The normalized spacial score (nSPS) is 26.7. The number of hydrogen-bond acceptors (Lipinski definition) is 2. The fraction of sp³-hybridized carbons (Fsp3) is 0.500. The van der Waals surface area contributed by atoms with Crippen molar-refractivity contribution in [2.45, 2.75) is 32.6 Å². The molecule has 2 N–H and O–H groups in total. The van der Waals surface area contributed by atoms with Crippen LogP contribution in [0.25, 0.3) is 0 Å². The summed E-state index contributed by atoms with van der Waals surface area (Å²) in [5.41, 5.74) is 0.612. The first-order valence-electron chi connectivity index (χ1n) is 7.41. The van der Waals surface area contributed by atoms with Crippen LogP contribution in [0.5, 0.6) is 0 Å². The maximum absolute atomic E-state index is 13.8. The van der Waals surface area contributed by atoms with Gasteiger partial charge in [-0.25, -0.2) is 4.39 Å². The van der Waals surface area contributed by atoms with Crippen molar-refractivity contribution in [3.8, 4) is 0 Å². The van der Waals surface area contributed by atoms with Crippen LogP contribution >= 0.6 is 0 Å². The summed E-state index contributed by atoms with van der Waals surface area (Å²) in [6.45, 7) is 1.39. The minimum Gasteiger partial charge on any atom is -0.326 e. The van der Waals surface area contributed by atoms with Crippen molar-refractivity contribution in [1.82, 2.24) is 0 Å². The number of amides is 2. The molecule has 3 unspecified atom stereocenters. The van der Waals surface area contributed by atoms with Crippen molar-refractivity contribution < 1.29 is 14.0 Å². The van der Waals surface area contributed by atoms with E-state index >= 15 is 0 Å². The van der Waals surface area contributed by atoms with Gasteiger partial charge in [0.15, 0.2) is 0 Å². The van der Waals surface area contributed by atoms with E-state index in [-0.39, 0.29) is 23.4 Å². The number of hydrogen-bond donors (Lipinski definition) is 2. The topological polar surface area (TPSA) is 58.2 Å². The fourth-order valence-corrected chi connectivity index (χ4v) is 3.69. The zero-order chi connectivity index (χ0) is 15.0. The largest absolute Gasteiger partial charge is 0.326 e. The standard InChI is InChI=1S/C16H19FN2O2/c1-9(20)18-12-4-5-14(17)15(8-12)19-16(21)13-7-10-2-3-11(13)6-10/h4-5,8,10-11,13H,2-3,6-7H2,1H3,(H,18,20)(H,19,21). The second-order valence-corrected chi connectivity index (χ2v) is 6.15. The summed E-state index contributed by atoms with van der Waals surface area (Å²) in [5.74, 6) is 0.319. The van der Waals surface area contributed by atoms with E-state index in [9.17, 15) is 14.0 Å². The Bertz CT molecular complexity index is 588. The molecule has 3 atom stereocenters. The number of anilines is 2. The lowest BCUT2D eigenvalue weighted by Crippen LogP contribution is -2.27. The molecular formula is C16H19FN2O2. The lowest BCUT2D eigenvalue weighted by molar-refractivity contribution is -0.121. The molecule has 0 heterocycles. The molecule has 3 rings (SSSR count). The van der Waals surface area contributed by atoms with Gasteiger partial charge in [-0.1, -0.05) is 6.42 Å². The molecule has 0 spiro atoms. The third-order valence-electron chi connectivity index (χ3n) is 4.62. The van der Waals surface area contributed by atoms with Gasteiger partial charge in [0.2, 0.25) is 11.8 Å². The van der Waals surface area contributed by atoms with E-state index < -0.39 is 5.82 Å². The minimum atomic E-state index is -0.486. The molecular weight excluding hydrogens is 271 g/mol. The highest BCUT2D eigenvalue weighted by Crippen LogP contribution is 2.48. The predicted molar refractivity (Wildman–Crippen MR) is 78.3 cm³/mol. The summed E-state index contributed by atoms with van der Waals surface area (Å²) in [4.78, 5) is 23.4. The smallest absolute Gasteiger partial charge is 0.227 e. The molecule has 21 heavy (non-hydrogen) atoms. The summed E-state index contributed by atoms with van der Waals surface area (Å²) in [5, 5.41) is 5.27. The Morgan fingerprint density at radius 3 is 2.62 bits per heavy atom. The van der Waals surface area contributed by atoms with Crippen LogP contribution in [-0.4, -0.2) is 11.8 Å². The second kappa shape index (κ2) is 5.47. The average molecular weight is 290 g/mol. The lowest BCUT2D eigenvalue weighted by atomic mass is 9.88. The molecule has 2 amide bonds. The third-order valence-corrected chi connectivity index (χ3v) is 4.62. The van der Waals surface area contributed by atoms with E-state index in [1.807, 2.05) is 0 Å². The molecule has 2 aliphatic carbocycles. The zero-order valence-electron chi connectivity index (χ0n) is 12.0. The van der Waals surface area contributed by atoms with Gasteiger partial charge in [0, 0.05) is 18.5 Å². The van der Waals surface area contributed by atoms with Gasteiger partial charge >= 0.3 is 0 Å². The highest BCUT2D eigenvalue weighted by molar-refractivity contribution is 5.95. The quantitative estimate of drug-likeness (QED) is 0.898. The van der Waals surface area contributed by atoms with E-state index in [0.29, 0.717) is 17.5 Å². The Hall–Kier alpha value is -1.91. The second-order valence-electron chi connectivity index (χ2n) is 6.15. The molecule has 0 aromatic heterocycles. The number of carbonyl (C=O) groups excluding carboxylic acids is 2. The van der Waals surface area contributed by atoms with Crippen molar-refractivity contribution in [2.24, 2.45) is 17.8 Å². The van der Waals surface area contributed by atoms with E-state index in [0.717, 1.165) is 19.3 Å². The monoisotopic (exact) mass is 290 g/mol. The van der Waals surface area contributed by atoms with Gasteiger partial charge in [0.05, 0.1) is 5.69 Å². The van der Waals surface area contributed by atoms with Gasteiger partial charge < -0.3 is 10.6 Å². The van der Waals surface area contributed by atoms with Crippen LogP contribution in [0, 0.1) is 23.6 Å². The van der Waals surface area contributed by atoms with Crippen LogP contribution in [-0.2, 0) is 9.59 Å². The first-order chi connectivity index (χ1) is 10.0. The Morgan fingerprint density at radius 1 is 1.19 bits per heavy atom. The summed E-state index contributed by atoms with van der Waals surface area (Å²) < 4.78 is 13.8. The Balaban J connectivity index is 1.71. The summed E-state index contributed by atoms with van der Waals surface area (Å²) in [6, 6.07) is 4.19. The van der Waals surface area contributed by atoms with Crippen LogP contribution in [0.15, 0.2) is 18.2 Å². The van der Waals surface area contributed by atoms with E-state index in [1.165, 1.54) is 31.5 Å². The Kier molecular flexibility index (Phi) is 3.66. The summed E-state index contributed by atoms with van der Waals surface area (Å²) >= 11 is 0. The van der Waals surface area contributed by atoms with Crippen LogP contribution in [0.3, 0.4) is 0 Å². The van der Waals surface area contributed by atoms with Gasteiger partial charge in [-0.15, -0.1) is 0 Å². The lowest BCUT2D eigenvalue weighted by Gasteiger charge is -2.21. The number of nitrogens with one attached hydrogen (secondary N) is 2. The maximum Gasteiger partial charge on any atom is 0.227 e. The SMILES string of the molecule is CC(=O)Nc1ccc(F)c(NC(=O)C2CC3CCC2C3)c1.